The molecular weight excluding hydrogens is 510 g/mol. The third kappa shape index (κ3) is 3.87. The molecule has 0 unspecified atom stereocenters. The maximum absolute atomic E-state index is 4.67. The maximum Gasteiger partial charge on any atom is 0.142 e. The minimum atomic E-state index is 0. The zero-order valence-electron chi connectivity index (χ0n) is 15.0. The van der Waals surface area contributed by atoms with E-state index in [1.165, 1.54) is 5.56 Å². The van der Waals surface area contributed by atoms with Crippen molar-refractivity contribution in [3.63, 3.8) is 0 Å². The van der Waals surface area contributed by atoms with Crippen LogP contribution < -0.4 is 4.90 Å². The molecule has 0 atom stereocenters. The van der Waals surface area contributed by atoms with Crippen molar-refractivity contribution in [3.8, 4) is 5.69 Å². The first kappa shape index (κ1) is 19.1. The number of nitrogens with zero attached hydrogens (tertiary/aromatic N) is 3. The second-order valence-corrected chi connectivity index (χ2v) is 6.01. The number of rotatable bonds is 5. The number of aryl methyl sites for hydroxylation is 1. The topological polar surface area (TPSA) is 21.1 Å². The van der Waals surface area contributed by atoms with E-state index in [4.69, 9.17) is 0 Å². The predicted molar refractivity (Wildman–Crippen MR) is 106 cm³/mol. The molecule has 1 radical (unpaired) electrons. The van der Waals surface area contributed by atoms with E-state index in [2.05, 4.69) is 71.5 Å². The standard InChI is InChI=1S/C23H20N3.Ir/c1-2-19-18-24-26(22-16-10-5-11-17-22)23(19)25(20-12-6-3-7-13-20)21-14-8-4-9-15-21;/h3-16,18H,2H2,1H3;/q-1;. The molecule has 0 aliphatic heterocycles. The van der Waals surface area contributed by atoms with E-state index in [0.29, 0.717) is 0 Å². The summed E-state index contributed by atoms with van der Waals surface area (Å²) in [7, 11) is 0. The summed E-state index contributed by atoms with van der Waals surface area (Å²) in [5, 5.41) is 4.67. The van der Waals surface area contributed by atoms with Gasteiger partial charge in [0.05, 0.1) is 6.20 Å². The van der Waals surface area contributed by atoms with Crippen LogP contribution in [0.5, 0.6) is 0 Å². The second-order valence-electron chi connectivity index (χ2n) is 6.01. The van der Waals surface area contributed by atoms with Gasteiger partial charge in [0, 0.05) is 37.0 Å². The van der Waals surface area contributed by atoms with Crippen LogP contribution in [0.3, 0.4) is 0 Å². The van der Waals surface area contributed by atoms with Gasteiger partial charge in [0.2, 0.25) is 0 Å². The molecule has 4 heteroatoms. The van der Waals surface area contributed by atoms with Crippen molar-refractivity contribution in [3.05, 3.63) is 103 Å². The summed E-state index contributed by atoms with van der Waals surface area (Å²) in [6.07, 6.45) is 2.85. The van der Waals surface area contributed by atoms with Crippen LogP contribution in [0.15, 0.2) is 91.1 Å². The van der Waals surface area contributed by atoms with Crippen molar-refractivity contribution in [2.24, 2.45) is 0 Å². The van der Waals surface area contributed by atoms with E-state index < -0.39 is 0 Å². The number of para-hydroxylation sites is 3. The largest absolute Gasteiger partial charge is 0.295 e. The van der Waals surface area contributed by atoms with E-state index in [9.17, 15) is 0 Å². The molecule has 3 nitrogen and oxygen atoms in total. The molecule has 0 saturated heterocycles. The summed E-state index contributed by atoms with van der Waals surface area (Å²) in [6, 6.07) is 32.0. The molecule has 0 amide bonds. The van der Waals surface area contributed by atoms with Gasteiger partial charge in [0.15, 0.2) is 0 Å². The van der Waals surface area contributed by atoms with E-state index in [1.54, 1.807) is 0 Å². The fourth-order valence-electron chi connectivity index (χ4n) is 3.10. The Morgan fingerprint density at radius 1 is 0.852 bits per heavy atom. The summed E-state index contributed by atoms with van der Waals surface area (Å²) in [5.74, 6) is 1.05. The molecule has 137 valence electrons. The summed E-state index contributed by atoms with van der Waals surface area (Å²) in [5.41, 5.74) is 4.33. The van der Waals surface area contributed by atoms with Crippen LogP contribution >= 0.6 is 0 Å². The molecule has 0 aliphatic rings. The smallest absolute Gasteiger partial charge is 0.142 e. The zero-order chi connectivity index (χ0) is 17.8. The monoisotopic (exact) mass is 531 g/mol. The van der Waals surface area contributed by atoms with E-state index in [-0.39, 0.29) is 20.1 Å². The van der Waals surface area contributed by atoms with Crippen LogP contribution in [0.1, 0.15) is 12.5 Å². The van der Waals surface area contributed by atoms with Gasteiger partial charge in [-0.05, 0) is 36.4 Å². The number of benzene rings is 3. The molecule has 4 aromatic rings. The summed E-state index contributed by atoms with van der Waals surface area (Å²) >= 11 is 0. The van der Waals surface area contributed by atoms with Crippen LogP contribution in [0, 0.1) is 6.07 Å². The van der Waals surface area contributed by atoms with E-state index in [1.807, 2.05) is 47.3 Å². The van der Waals surface area contributed by atoms with Gasteiger partial charge in [0.25, 0.3) is 0 Å². The minimum Gasteiger partial charge on any atom is -0.295 e. The quantitative estimate of drug-likeness (QED) is 0.309. The van der Waals surface area contributed by atoms with Crippen LogP contribution in [0.2, 0.25) is 0 Å². The van der Waals surface area contributed by atoms with Gasteiger partial charge in [-0.25, -0.2) is 4.68 Å². The van der Waals surface area contributed by atoms with Gasteiger partial charge in [-0.15, -0.1) is 6.07 Å². The van der Waals surface area contributed by atoms with E-state index in [0.717, 1.165) is 29.3 Å². The normalized spacial score (nSPS) is 10.3. The zero-order valence-corrected chi connectivity index (χ0v) is 17.4. The average molecular weight is 531 g/mol. The van der Waals surface area contributed by atoms with Crippen LogP contribution in [-0.4, -0.2) is 9.78 Å². The van der Waals surface area contributed by atoms with Crippen molar-refractivity contribution in [2.45, 2.75) is 13.3 Å². The number of aromatic nitrogens is 2. The Kier molecular flexibility index (Phi) is 6.23. The SMILES string of the molecule is CCc1cnn(-c2[c-]cccc2)c1N(c1ccccc1)c1ccccc1.[Ir]. The Bertz CT molecular complexity index is 927. The van der Waals surface area contributed by atoms with Crippen molar-refractivity contribution in [1.29, 1.82) is 0 Å². The second kappa shape index (κ2) is 8.81. The van der Waals surface area contributed by atoms with Gasteiger partial charge >= 0.3 is 0 Å². The van der Waals surface area contributed by atoms with Crippen molar-refractivity contribution in [1.82, 2.24) is 9.78 Å². The molecule has 0 N–H and O–H groups in total. The Morgan fingerprint density at radius 3 is 1.96 bits per heavy atom. The summed E-state index contributed by atoms with van der Waals surface area (Å²) in [6.45, 7) is 2.16. The molecule has 1 heterocycles. The molecular formula is C23H20IrN3-. The van der Waals surface area contributed by atoms with Crippen LogP contribution in [-0.2, 0) is 26.5 Å². The fourth-order valence-corrected chi connectivity index (χ4v) is 3.10. The van der Waals surface area contributed by atoms with Gasteiger partial charge < -0.3 is 0 Å². The third-order valence-electron chi connectivity index (χ3n) is 4.36. The Labute approximate surface area is 173 Å². The molecule has 4 rings (SSSR count). The van der Waals surface area contributed by atoms with E-state index >= 15 is 0 Å². The first-order valence-electron chi connectivity index (χ1n) is 8.82. The molecule has 0 fully saturated rings. The first-order valence-corrected chi connectivity index (χ1v) is 8.82. The van der Waals surface area contributed by atoms with Crippen LogP contribution in [0.25, 0.3) is 5.69 Å². The molecule has 27 heavy (non-hydrogen) atoms. The molecule has 0 aliphatic carbocycles. The summed E-state index contributed by atoms with van der Waals surface area (Å²) < 4.78 is 1.97. The Balaban J connectivity index is 0.00000210. The molecule has 3 aromatic carbocycles. The number of hydrogen-bond acceptors (Lipinski definition) is 2. The van der Waals surface area contributed by atoms with Crippen molar-refractivity contribution >= 4 is 17.2 Å². The Hall–Kier alpha value is -2.68. The molecule has 0 spiro atoms. The average Bonchev–Trinajstić information content (AvgIpc) is 3.14. The molecule has 0 bridgehead atoms. The van der Waals surface area contributed by atoms with Gasteiger partial charge in [-0.1, -0.05) is 43.3 Å². The summed E-state index contributed by atoms with van der Waals surface area (Å²) in [4.78, 5) is 2.26. The Morgan fingerprint density at radius 2 is 1.44 bits per heavy atom. The molecule has 1 aromatic heterocycles. The third-order valence-corrected chi connectivity index (χ3v) is 4.36. The molecule has 0 saturated carbocycles. The van der Waals surface area contributed by atoms with Crippen LogP contribution in [0.4, 0.5) is 17.2 Å². The van der Waals surface area contributed by atoms with Gasteiger partial charge in [-0.3, -0.25) is 4.90 Å². The first-order chi connectivity index (χ1) is 12.9. The minimum absolute atomic E-state index is 0. The number of hydrogen-bond donors (Lipinski definition) is 0. The number of anilines is 3. The van der Waals surface area contributed by atoms with Gasteiger partial charge in [-0.2, -0.15) is 29.4 Å². The van der Waals surface area contributed by atoms with Gasteiger partial charge in [0.1, 0.15) is 5.82 Å². The fraction of sp³-hybridized carbons (Fsp3) is 0.0870. The van der Waals surface area contributed by atoms with Crippen molar-refractivity contribution < 1.29 is 20.1 Å². The maximum atomic E-state index is 4.67. The predicted octanol–water partition coefficient (Wildman–Crippen LogP) is 5.70. The van der Waals surface area contributed by atoms with Crippen molar-refractivity contribution in [2.75, 3.05) is 4.90 Å².